The van der Waals surface area contributed by atoms with Gasteiger partial charge in [0.1, 0.15) is 0 Å². The van der Waals surface area contributed by atoms with Gasteiger partial charge in [-0.1, -0.05) is 12.1 Å². The van der Waals surface area contributed by atoms with E-state index in [0.717, 1.165) is 30.8 Å². The summed E-state index contributed by atoms with van der Waals surface area (Å²) in [6.45, 7) is 2.85. The molecule has 1 amide bonds. The Kier molecular flexibility index (Phi) is 4.30. The van der Waals surface area contributed by atoms with Crippen LogP contribution in [0.1, 0.15) is 25.3 Å². The van der Waals surface area contributed by atoms with Gasteiger partial charge in [-0.3, -0.25) is 4.79 Å². The average Bonchev–Trinajstić information content (AvgIpc) is 2.78. The van der Waals surface area contributed by atoms with E-state index in [9.17, 15) is 4.79 Å². The molecule has 4 heteroatoms. The molecule has 1 aliphatic rings. The van der Waals surface area contributed by atoms with Crippen molar-refractivity contribution in [2.45, 2.75) is 31.1 Å². The van der Waals surface area contributed by atoms with Crippen LogP contribution in [0.2, 0.25) is 0 Å². The third-order valence-electron chi connectivity index (χ3n) is 3.26. The van der Waals surface area contributed by atoms with Crippen LogP contribution in [0.25, 0.3) is 0 Å². The molecule has 1 aromatic carbocycles. The van der Waals surface area contributed by atoms with E-state index in [0.29, 0.717) is 0 Å². The maximum Gasteiger partial charge on any atom is 0.240 e. The van der Waals surface area contributed by atoms with Crippen molar-refractivity contribution in [1.82, 2.24) is 5.32 Å². The molecule has 18 heavy (non-hydrogen) atoms. The Hall–Kier alpha value is -1.00. The van der Waals surface area contributed by atoms with Gasteiger partial charge >= 0.3 is 0 Å². The third-order valence-corrected chi connectivity index (χ3v) is 4.78. The molecule has 1 atom stereocenters. The lowest BCUT2D eigenvalue weighted by molar-refractivity contribution is -0.118. The fourth-order valence-corrected chi connectivity index (χ4v) is 3.39. The monoisotopic (exact) mass is 264 g/mol. The van der Waals surface area contributed by atoms with Gasteiger partial charge in [0.15, 0.2) is 0 Å². The predicted molar refractivity (Wildman–Crippen MR) is 77.9 cm³/mol. The van der Waals surface area contributed by atoms with E-state index >= 15 is 0 Å². The second kappa shape index (κ2) is 5.76. The van der Waals surface area contributed by atoms with Crippen molar-refractivity contribution < 1.29 is 4.79 Å². The summed E-state index contributed by atoms with van der Waals surface area (Å²) < 4.78 is -0.251. The largest absolute Gasteiger partial charge is 0.325 e. The first kappa shape index (κ1) is 13.4. The zero-order valence-corrected chi connectivity index (χ0v) is 11.8. The normalized spacial score (nSPS) is 23.0. The van der Waals surface area contributed by atoms with Crippen LogP contribution < -0.4 is 10.6 Å². The van der Waals surface area contributed by atoms with Crippen LogP contribution in [0.5, 0.6) is 0 Å². The molecule has 3 nitrogen and oxygen atoms in total. The second-order valence-electron chi connectivity index (χ2n) is 4.87. The minimum absolute atomic E-state index is 0.131. The van der Waals surface area contributed by atoms with Gasteiger partial charge in [0.25, 0.3) is 0 Å². The number of anilines is 1. The zero-order valence-electron chi connectivity index (χ0n) is 11.0. The van der Waals surface area contributed by atoms with Crippen LogP contribution in [0, 0.1) is 0 Å². The maximum absolute atomic E-state index is 12.3. The Bertz CT molecular complexity index is 428. The number of rotatable bonds is 4. The standard InChI is InChI=1S/C14H20N2OS/c1-14(7-4-8-18-14)13(17)16-12-6-3-5-11(9-12)10-15-2/h3,5-6,9,15H,4,7-8,10H2,1-2H3,(H,16,17). The molecule has 0 spiro atoms. The molecule has 1 aromatic rings. The highest BCUT2D eigenvalue weighted by atomic mass is 32.2. The molecule has 2 N–H and O–H groups in total. The molecule has 1 heterocycles. The number of thioether (sulfide) groups is 1. The smallest absolute Gasteiger partial charge is 0.240 e. The summed E-state index contributed by atoms with van der Waals surface area (Å²) in [4.78, 5) is 12.3. The van der Waals surface area contributed by atoms with Crippen LogP contribution in [0.4, 0.5) is 5.69 Å². The average molecular weight is 264 g/mol. The van der Waals surface area contributed by atoms with Crippen LogP contribution in [0.15, 0.2) is 24.3 Å². The fourth-order valence-electron chi connectivity index (χ4n) is 2.18. The SMILES string of the molecule is CNCc1cccc(NC(=O)C2(C)CCCS2)c1. The van der Waals surface area contributed by atoms with Crippen molar-refractivity contribution in [3.8, 4) is 0 Å². The van der Waals surface area contributed by atoms with Crippen LogP contribution >= 0.6 is 11.8 Å². The molecular formula is C14H20N2OS. The van der Waals surface area contributed by atoms with Gasteiger partial charge in [-0.25, -0.2) is 0 Å². The number of carbonyl (C=O) groups is 1. The van der Waals surface area contributed by atoms with E-state index in [1.807, 2.05) is 32.2 Å². The van der Waals surface area contributed by atoms with Crippen LogP contribution in [0.3, 0.4) is 0 Å². The minimum atomic E-state index is -0.251. The zero-order chi connectivity index (χ0) is 13.0. The third kappa shape index (κ3) is 3.06. The Balaban J connectivity index is 2.04. The van der Waals surface area contributed by atoms with Gasteiger partial charge in [0.05, 0.1) is 4.75 Å². The molecule has 1 fully saturated rings. The first-order chi connectivity index (χ1) is 8.64. The molecule has 1 aliphatic heterocycles. The van der Waals surface area contributed by atoms with Crippen molar-refractivity contribution in [2.75, 3.05) is 18.1 Å². The Morgan fingerprint density at radius 3 is 3.00 bits per heavy atom. The molecule has 0 aliphatic carbocycles. The predicted octanol–water partition coefficient (Wildman–Crippen LogP) is 2.63. The van der Waals surface area contributed by atoms with E-state index in [4.69, 9.17) is 0 Å². The van der Waals surface area contributed by atoms with E-state index in [1.165, 1.54) is 5.56 Å². The van der Waals surface area contributed by atoms with Gasteiger partial charge < -0.3 is 10.6 Å². The lowest BCUT2D eigenvalue weighted by Crippen LogP contribution is -2.34. The first-order valence-electron chi connectivity index (χ1n) is 6.33. The maximum atomic E-state index is 12.3. The van der Waals surface area contributed by atoms with Crippen molar-refractivity contribution in [3.63, 3.8) is 0 Å². The summed E-state index contributed by atoms with van der Waals surface area (Å²) in [5.74, 6) is 1.22. The number of amides is 1. The quantitative estimate of drug-likeness (QED) is 0.878. The summed E-state index contributed by atoms with van der Waals surface area (Å²) in [5, 5.41) is 6.15. The van der Waals surface area contributed by atoms with E-state index in [2.05, 4.69) is 16.7 Å². The summed E-state index contributed by atoms with van der Waals surface area (Å²) in [5.41, 5.74) is 2.07. The molecular weight excluding hydrogens is 244 g/mol. The topological polar surface area (TPSA) is 41.1 Å². The molecule has 1 saturated heterocycles. The summed E-state index contributed by atoms with van der Waals surface area (Å²) in [6, 6.07) is 8.00. The molecule has 0 saturated carbocycles. The van der Waals surface area contributed by atoms with Crippen LogP contribution in [-0.4, -0.2) is 23.5 Å². The highest BCUT2D eigenvalue weighted by molar-refractivity contribution is 8.01. The fraction of sp³-hybridized carbons (Fsp3) is 0.500. The minimum Gasteiger partial charge on any atom is -0.325 e. The summed E-state index contributed by atoms with van der Waals surface area (Å²) in [7, 11) is 1.92. The summed E-state index contributed by atoms with van der Waals surface area (Å²) >= 11 is 1.76. The Morgan fingerprint density at radius 1 is 1.50 bits per heavy atom. The van der Waals surface area contributed by atoms with Crippen molar-refractivity contribution in [3.05, 3.63) is 29.8 Å². The van der Waals surface area contributed by atoms with Crippen molar-refractivity contribution in [1.29, 1.82) is 0 Å². The molecule has 2 rings (SSSR count). The molecule has 0 bridgehead atoms. The van der Waals surface area contributed by atoms with Crippen molar-refractivity contribution >= 4 is 23.4 Å². The molecule has 0 radical (unpaired) electrons. The van der Waals surface area contributed by atoms with Gasteiger partial charge in [-0.15, -0.1) is 11.8 Å². The van der Waals surface area contributed by atoms with E-state index < -0.39 is 0 Å². The number of hydrogen-bond acceptors (Lipinski definition) is 3. The van der Waals surface area contributed by atoms with Crippen molar-refractivity contribution in [2.24, 2.45) is 0 Å². The lowest BCUT2D eigenvalue weighted by Gasteiger charge is -2.21. The molecule has 0 aromatic heterocycles. The summed E-state index contributed by atoms with van der Waals surface area (Å²) in [6.07, 6.45) is 2.11. The van der Waals surface area contributed by atoms with Gasteiger partial charge in [-0.2, -0.15) is 0 Å². The highest BCUT2D eigenvalue weighted by Gasteiger charge is 2.37. The van der Waals surface area contributed by atoms with Gasteiger partial charge in [-0.05, 0) is 50.3 Å². The Morgan fingerprint density at radius 2 is 2.33 bits per heavy atom. The second-order valence-corrected chi connectivity index (χ2v) is 6.47. The van der Waals surface area contributed by atoms with E-state index in [1.54, 1.807) is 11.8 Å². The molecule has 1 unspecified atom stereocenters. The van der Waals surface area contributed by atoms with Gasteiger partial charge in [0, 0.05) is 12.2 Å². The number of carbonyl (C=O) groups excluding carboxylic acids is 1. The number of hydrogen-bond donors (Lipinski definition) is 2. The van der Waals surface area contributed by atoms with E-state index in [-0.39, 0.29) is 10.7 Å². The van der Waals surface area contributed by atoms with Gasteiger partial charge in [0.2, 0.25) is 5.91 Å². The highest BCUT2D eigenvalue weighted by Crippen LogP contribution is 2.38. The number of nitrogens with one attached hydrogen (secondary N) is 2. The lowest BCUT2D eigenvalue weighted by atomic mass is 10.0. The molecule has 98 valence electrons. The first-order valence-corrected chi connectivity index (χ1v) is 7.31. The number of benzene rings is 1. The van der Waals surface area contributed by atoms with Crippen LogP contribution in [-0.2, 0) is 11.3 Å². The Labute approximate surface area is 113 Å².